The minimum Gasteiger partial charge on any atom is -0.251 e. The molecule has 0 fully saturated rings. The molecule has 0 saturated carbocycles. The summed E-state index contributed by atoms with van der Waals surface area (Å²) >= 11 is 0. The number of nitrogens with zero attached hydrogens (tertiary/aromatic N) is 4. The van der Waals surface area contributed by atoms with Crippen LogP contribution in [0.3, 0.4) is 0 Å². The quantitative estimate of drug-likeness (QED) is 0.215. The van der Waals surface area contributed by atoms with E-state index in [1.165, 1.54) is 0 Å². The summed E-state index contributed by atoms with van der Waals surface area (Å²) in [5.41, 5.74) is 6.64. The molecule has 8 aromatic rings. The minimum atomic E-state index is -2.30. The van der Waals surface area contributed by atoms with Gasteiger partial charge in [0.05, 0.1) is 27.9 Å². The SMILES string of the molecule is [2H]C([2H])([2H])c1ccc2ccc3ccc(-c4cccc(-c5nc(-c6cccc7ccccc67)c6ccccc6n5)c4)nc3c2n1. The normalized spacial score (nSPS) is 12.9. The summed E-state index contributed by atoms with van der Waals surface area (Å²) in [4.78, 5) is 19.6. The summed E-state index contributed by atoms with van der Waals surface area (Å²) in [6.45, 7) is -2.30. The van der Waals surface area contributed by atoms with Crippen molar-refractivity contribution in [1.82, 2.24) is 19.9 Å². The second-order valence-electron chi connectivity index (χ2n) is 10.1. The second-order valence-corrected chi connectivity index (χ2v) is 10.1. The monoisotopic (exact) mass is 527 g/mol. The van der Waals surface area contributed by atoms with Crippen molar-refractivity contribution in [3.63, 3.8) is 0 Å². The highest BCUT2D eigenvalue weighted by molar-refractivity contribution is 6.04. The molecule has 0 aliphatic carbocycles. The maximum atomic E-state index is 7.84. The molecular formula is C37H24N4. The molecule has 0 saturated heterocycles. The molecular weight excluding hydrogens is 500 g/mol. The first-order valence-corrected chi connectivity index (χ1v) is 13.5. The maximum Gasteiger partial charge on any atom is 0.160 e. The molecule has 192 valence electrons. The number of para-hydroxylation sites is 1. The van der Waals surface area contributed by atoms with Crippen molar-refractivity contribution < 1.29 is 4.11 Å². The van der Waals surface area contributed by atoms with Gasteiger partial charge in [0.1, 0.15) is 0 Å². The van der Waals surface area contributed by atoms with Gasteiger partial charge in [0.25, 0.3) is 0 Å². The van der Waals surface area contributed by atoms with Crippen molar-refractivity contribution in [3.05, 3.63) is 133 Å². The van der Waals surface area contributed by atoms with Crippen molar-refractivity contribution in [3.8, 4) is 33.9 Å². The van der Waals surface area contributed by atoms with Crippen molar-refractivity contribution in [2.24, 2.45) is 0 Å². The number of aryl methyl sites for hydroxylation is 1. The Bertz CT molecular complexity index is 2390. The molecule has 0 bridgehead atoms. The van der Waals surface area contributed by atoms with Crippen molar-refractivity contribution in [2.75, 3.05) is 0 Å². The van der Waals surface area contributed by atoms with Gasteiger partial charge in [-0.05, 0) is 41.9 Å². The lowest BCUT2D eigenvalue weighted by atomic mass is 9.99. The first-order chi connectivity index (χ1) is 21.4. The summed E-state index contributed by atoms with van der Waals surface area (Å²) in [7, 11) is 0. The highest BCUT2D eigenvalue weighted by Gasteiger charge is 2.14. The fourth-order valence-electron chi connectivity index (χ4n) is 5.59. The highest BCUT2D eigenvalue weighted by atomic mass is 14.9. The van der Waals surface area contributed by atoms with Crippen LogP contribution in [0.4, 0.5) is 0 Å². The van der Waals surface area contributed by atoms with Crippen LogP contribution in [0.1, 0.15) is 9.81 Å². The third-order valence-electron chi connectivity index (χ3n) is 7.58. The van der Waals surface area contributed by atoms with E-state index in [-0.39, 0.29) is 5.69 Å². The van der Waals surface area contributed by atoms with Crippen molar-refractivity contribution >= 4 is 43.5 Å². The fourth-order valence-corrected chi connectivity index (χ4v) is 5.59. The van der Waals surface area contributed by atoms with Gasteiger partial charge in [0.2, 0.25) is 0 Å². The average molecular weight is 528 g/mol. The Morgan fingerprint density at radius 2 is 1.22 bits per heavy atom. The van der Waals surface area contributed by atoms with E-state index >= 15 is 0 Å². The van der Waals surface area contributed by atoms with Gasteiger partial charge in [-0.3, -0.25) is 4.98 Å². The molecule has 0 amide bonds. The van der Waals surface area contributed by atoms with Gasteiger partial charge < -0.3 is 0 Å². The second kappa shape index (κ2) is 9.32. The molecule has 3 aromatic heterocycles. The van der Waals surface area contributed by atoms with Crippen LogP contribution < -0.4 is 0 Å². The Kier molecular flexibility index (Phi) is 4.64. The lowest BCUT2D eigenvalue weighted by molar-refractivity contribution is 1.23. The molecule has 41 heavy (non-hydrogen) atoms. The highest BCUT2D eigenvalue weighted by Crippen LogP contribution is 2.34. The molecule has 0 aliphatic rings. The molecule has 0 radical (unpaired) electrons. The molecule has 0 aliphatic heterocycles. The van der Waals surface area contributed by atoms with Crippen molar-refractivity contribution in [2.45, 2.75) is 6.85 Å². The predicted molar refractivity (Wildman–Crippen MR) is 169 cm³/mol. The topological polar surface area (TPSA) is 51.6 Å². The van der Waals surface area contributed by atoms with Crippen LogP contribution in [-0.4, -0.2) is 19.9 Å². The summed E-state index contributed by atoms with van der Waals surface area (Å²) in [5.74, 6) is 0.628. The molecule has 4 heteroatoms. The van der Waals surface area contributed by atoms with Crippen molar-refractivity contribution in [1.29, 1.82) is 0 Å². The molecule has 3 heterocycles. The van der Waals surface area contributed by atoms with Gasteiger partial charge in [-0.25, -0.2) is 15.0 Å². The predicted octanol–water partition coefficient (Wildman–Crippen LogP) is 9.19. The van der Waals surface area contributed by atoms with Crippen LogP contribution in [0.25, 0.3) is 77.4 Å². The Hall–Kier alpha value is -5.48. The first-order valence-electron chi connectivity index (χ1n) is 15.0. The Balaban J connectivity index is 1.29. The minimum absolute atomic E-state index is 0.0575. The third-order valence-corrected chi connectivity index (χ3v) is 7.58. The van der Waals surface area contributed by atoms with E-state index in [2.05, 4.69) is 53.5 Å². The van der Waals surface area contributed by atoms with Crippen LogP contribution >= 0.6 is 0 Å². The zero-order chi connectivity index (χ0) is 29.8. The smallest absolute Gasteiger partial charge is 0.160 e. The van der Waals surface area contributed by atoms with E-state index in [1.807, 2.05) is 66.7 Å². The number of aromatic nitrogens is 4. The van der Waals surface area contributed by atoms with Gasteiger partial charge in [-0.15, -0.1) is 0 Å². The van der Waals surface area contributed by atoms with Gasteiger partial charge >= 0.3 is 0 Å². The zero-order valence-electron chi connectivity index (χ0n) is 24.9. The Morgan fingerprint density at radius 1 is 0.512 bits per heavy atom. The molecule has 5 aromatic carbocycles. The summed E-state index contributed by atoms with van der Waals surface area (Å²) in [6, 6.07) is 42.1. The van der Waals surface area contributed by atoms with E-state index in [9.17, 15) is 0 Å². The van der Waals surface area contributed by atoms with E-state index in [1.54, 1.807) is 12.1 Å². The standard InChI is InChI=1S/C37H24N4/c1-23-16-17-25-18-19-26-20-21-32(39-35(26)34(25)38-23)27-10-6-11-28(22-27)37-40-33-15-5-4-13-31(33)36(41-37)30-14-7-9-24-8-2-3-12-29(24)30/h2-22H,1H3/i1D3. The first kappa shape index (κ1) is 20.4. The van der Waals surface area contributed by atoms with E-state index in [0.717, 1.165) is 60.5 Å². The zero-order valence-corrected chi connectivity index (χ0v) is 21.9. The van der Waals surface area contributed by atoms with Gasteiger partial charge in [-0.2, -0.15) is 0 Å². The Morgan fingerprint density at radius 3 is 2.12 bits per heavy atom. The van der Waals surface area contributed by atoms with Gasteiger partial charge in [0.15, 0.2) is 5.82 Å². The summed E-state index contributed by atoms with van der Waals surface area (Å²) in [5, 5.41) is 5.03. The number of hydrogen-bond acceptors (Lipinski definition) is 4. The molecule has 0 N–H and O–H groups in total. The van der Waals surface area contributed by atoms with Crippen LogP contribution in [0.2, 0.25) is 0 Å². The van der Waals surface area contributed by atoms with E-state index < -0.39 is 6.85 Å². The van der Waals surface area contributed by atoms with E-state index in [4.69, 9.17) is 19.1 Å². The van der Waals surface area contributed by atoms with E-state index in [0.29, 0.717) is 16.9 Å². The lowest BCUT2D eigenvalue weighted by Gasteiger charge is -2.12. The molecule has 8 rings (SSSR count). The third kappa shape index (κ3) is 4.00. The summed E-state index contributed by atoms with van der Waals surface area (Å²) < 4.78 is 23.5. The fraction of sp³-hybridized carbons (Fsp3) is 0.0270. The number of pyridine rings is 2. The number of benzene rings is 5. The lowest BCUT2D eigenvalue weighted by Crippen LogP contribution is -1.96. The molecule has 0 spiro atoms. The molecule has 4 nitrogen and oxygen atoms in total. The maximum absolute atomic E-state index is 7.84. The van der Waals surface area contributed by atoms with Crippen LogP contribution in [0.15, 0.2) is 127 Å². The Labute approximate surface area is 241 Å². The number of rotatable bonds is 3. The average Bonchev–Trinajstić information content (AvgIpc) is 3.06. The largest absolute Gasteiger partial charge is 0.251 e. The van der Waals surface area contributed by atoms with Crippen LogP contribution in [0.5, 0.6) is 0 Å². The number of hydrogen-bond donors (Lipinski definition) is 0. The van der Waals surface area contributed by atoms with Crippen LogP contribution in [0, 0.1) is 6.85 Å². The van der Waals surface area contributed by atoms with Gasteiger partial charge in [0, 0.05) is 42.7 Å². The summed E-state index contributed by atoms with van der Waals surface area (Å²) in [6.07, 6.45) is 0. The molecule has 0 atom stereocenters. The van der Waals surface area contributed by atoms with Gasteiger partial charge in [-0.1, -0.05) is 103 Å². The van der Waals surface area contributed by atoms with Crippen LogP contribution in [-0.2, 0) is 0 Å². The number of fused-ring (bicyclic) bond motifs is 5. The molecule has 0 unspecified atom stereocenters.